The van der Waals surface area contributed by atoms with E-state index in [2.05, 4.69) is 39.0 Å². The maximum atomic E-state index is 12.9. The minimum atomic E-state index is -1.79. The zero-order valence-corrected chi connectivity index (χ0v) is 37.2. The Morgan fingerprint density at radius 3 is 1.96 bits per heavy atom. The average Bonchev–Trinajstić information content (AvgIpc) is 3.83. The van der Waals surface area contributed by atoms with Gasteiger partial charge in [0, 0.05) is 45.4 Å². The molecule has 1 fully saturated rings. The van der Waals surface area contributed by atoms with Crippen molar-refractivity contribution in [2.45, 2.75) is 142 Å². The highest BCUT2D eigenvalue weighted by atomic mass is 35.6. The molecule has 0 aromatic heterocycles. The third kappa shape index (κ3) is 24.5. The molecule has 0 bridgehead atoms. The number of esters is 1. The first-order valence-electron chi connectivity index (χ1n) is 19.4. The smallest absolute Gasteiger partial charge is 0.312 e. The number of ketones is 1. The number of nitrogens with one attached hydrogen (secondary N) is 6. The second-order valence-electron chi connectivity index (χ2n) is 13.9. The van der Waals surface area contributed by atoms with Crippen LogP contribution in [0.4, 0.5) is 0 Å². The van der Waals surface area contributed by atoms with Crippen molar-refractivity contribution in [1.29, 1.82) is 0 Å². The van der Waals surface area contributed by atoms with E-state index in [1.807, 2.05) is 0 Å². The molecule has 56 heavy (non-hydrogen) atoms. The molecular weight excluding hydrogens is 857 g/mol. The number of rotatable bonds is 31. The lowest BCUT2D eigenvalue weighted by Crippen LogP contribution is -2.51. The van der Waals surface area contributed by atoms with Gasteiger partial charge in [0.15, 0.2) is 3.79 Å². The monoisotopic (exact) mass is 914 g/mol. The van der Waals surface area contributed by atoms with E-state index in [1.54, 1.807) is 6.92 Å². The van der Waals surface area contributed by atoms with Crippen molar-refractivity contribution < 1.29 is 38.3 Å². The molecule has 6 N–H and O–H groups in total. The molecule has 4 amide bonds. The van der Waals surface area contributed by atoms with Gasteiger partial charge in [-0.05, 0) is 64.8 Å². The number of halogens is 6. The van der Waals surface area contributed by atoms with E-state index in [0.717, 1.165) is 51.5 Å². The normalized spacial score (nSPS) is 17.7. The summed E-state index contributed by atoms with van der Waals surface area (Å²) in [5, 5.41) is 14.8. The van der Waals surface area contributed by atoms with Gasteiger partial charge in [-0.2, -0.15) is 5.48 Å². The van der Waals surface area contributed by atoms with Crippen LogP contribution in [-0.4, -0.2) is 100.0 Å². The van der Waals surface area contributed by atoms with Crippen LogP contribution < -0.4 is 32.1 Å². The van der Waals surface area contributed by atoms with Crippen LogP contribution in [0.2, 0.25) is 0 Å². The Bertz CT molecular complexity index is 1240. The van der Waals surface area contributed by atoms with Crippen LogP contribution in [0.15, 0.2) is 0 Å². The van der Waals surface area contributed by atoms with Crippen LogP contribution in [0.5, 0.6) is 0 Å². The number of carbonyl (C=O) groups is 6. The number of Topliss-reactive ketones (excluding diaryl/α,β-unsaturated/α-hetero) is 1. The Morgan fingerprint density at radius 2 is 1.36 bits per heavy atom. The second-order valence-corrected chi connectivity index (χ2v) is 18.9. The highest BCUT2D eigenvalue weighted by Gasteiger charge is 2.65. The van der Waals surface area contributed by atoms with Crippen molar-refractivity contribution >= 4 is 105 Å². The summed E-state index contributed by atoms with van der Waals surface area (Å²) >= 11 is 34.0. The molecule has 0 aromatic carbocycles. The van der Waals surface area contributed by atoms with E-state index in [-0.39, 0.29) is 43.3 Å². The van der Waals surface area contributed by atoms with E-state index in [9.17, 15) is 28.8 Å². The van der Waals surface area contributed by atoms with Crippen LogP contribution in [0.3, 0.4) is 0 Å². The standard InChI is InChI=1S/C36H60Cl6N6O8/c1-4-43-26(14-8-6-11-20-45-31(52)29(48-56-5-2)18-17-27(50)22-35(37,38)39)15-10-13-19-44-30(51)16-9-7-12-21-46-33(54)34(47-25(3)49)23-28(34)32(53)55-24-36(40,41)42/h26,28-29,43,48H,4-24H2,1-3H3,(H,44,51)(H,45,52)(H,46,54)(H,47,49). The number of alkyl halides is 6. The van der Waals surface area contributed by atoms with Crippen molar-refractivity contribution in [2.24, 2.45) is 5.92 Å². The van der Waals surface area contributed by atoms with Crippen LogP contribution >= 0.6 is 69.6 Å². The van der Waals surface area contributed by atoms with Gasteiger partial charge in [0.2, 0.25) is 27.4 Å². The summed E-state index contributed by atoms with van der Waals surface area (Å²) < 4.78 is 1.54. The topological polar surface area (TPSA) is 193 Å². The molecule has 14 nitrogen and oxygen atoms in total. The van der Waals surface area contributed by atoms with Gasteiger partial charge in [0.25, 0.3) is 0 Å². The van der Waals surface area contributed by atoms with E-state index >= 15 is 0 Å². The molecule has 0 radical (unpaired) electrons. The highest BCUT2D eigenvalue weighted by Crippen LogP contribution is 2.45. The molecule has 4 unspecified atom stereocenters. The third-order valence-electron chi connectivity index (χ3n) is 8.91. The minimum absolute atomic E-state index is 0.0170. The van der Waals surface area contributed by atoms with Crippen molar-refractivity contribution in [3.05, 3.63) is 0 Å². The molecule has 1 saturated carbocycles. The van der Waals surface area contributed by atoms with E-state index in [4.69, 9.17) is 79.2 Å². The molecule has 20 heteroatoms. The quantitative estimate of drug-likeness (QED) is 0.0226. The van der Waals surface area contributed by atoms with Gasteiger partial charge in [0.05, 0.1) is 18.9 Å². The first kappa shape index (κ1) is 52.7. The van der Waals surface area contributed by atoms with Crippen molar-refractivity contribution in [3.63, 3.8) is 0 Å². The van der Waals surface area contributed by atoms with Crippen LogP contribution in [-0.2, 0) is 38.3 Å². The summed E-state index contributed by atoms with van der Waals surface area (Å²) in [4.78, 5) is 79.3. The van der Waals surface area contributed by atoms with Crippen LogP contribution in [0.25, 0.3) is 0 Å². The van der Waals surface area contributed by atoms with E-state index in [1.165, 1.54) is 6.92 Å². The highest BCUT2D eigenvalue weighted by molar-refractivity contribution is 6.68. The molecule has 0 spiro atoms. The van der Waals surface area contributed by atoms with Crippen molar-refractivity contribution in [2.75, 3.05) is 39.4 Å². The number of amides is 4. The number of unbranched alkanes of at least 4 members (excludes halogenated alkanes) is 5. The summed E-state index contributed by atoms with van der Waals surface area (Å²) in [6.07, 6.45) is 9.14. The molecule has 0 saturated heterocycles. The number of hydrogen-bond donors (Lipinski definition) is 6. The molecule has 0 heterocycles. The number of hydrogen-bond acceptors (Lipinski definition) is 10. The zero-order valence-electron chi connectivity index (χ0n) is 32.6. The van der Waals surface area contributed by atoms with Gasteiger partial charge in [-0.3, -0.25) is 28.8 Å². The van der Waals surface area contributed by atoms with Gasteiger partial charge in [-0.15, -0.1) is 0 Å². The molecule has 1 aliphatic rings. The zero-order chi connectivity index (χ0) is 42.2. The fourth-order valence-electron chi connectivity index (χ4n) is 6.05. The first-order chi connectivity index (χ1) is 26.3. The minimum Gasteiger partial charge on any atom is -0.461 e. The second kappa shape index (κ2) is 28.2. The van der Waals surface area contributed by atoms with Crippen molar-refractivity contribution in [1.82, 2.24) is 32.1 Å². The Labute approximate surface area is 361 Å². The Morgan fingerprint density at radius 1 is 0.750 bits per heavy atom. The lowest BCUT2D eigenvalue weighted by atomic mass is 10.0. The third-order valence-corrected chi connectivity index (χ3v) is 9.64. The molecule has 4 atom stereocenters. The van der Waals surface area contributed by atoms with Gasteiger partial charge in [0.1, 0.15) is 24.0 Å². The SMILES string of the molecule is CCNC(CCCCCNC(=O)C(CCC(=O)CC(Cl)(Cl)Cl)NOCC)CCCCNC(=O)CCCCCNC(=O)C1(NC(C)=O)CC1C(=O)OCC(Cl)(Cl)Cl. The number of ether oxygens (including phenoxy) is 1. The van der Waals surface area contributed by atoms with Crippen LogP contribution in [0.1, 0.15) is 117 Å². The summed E-state index contributed by atoms with van der Waals surface area (Å²) in [7, 11) is 0. The molecule has 324 valence electrons. The maximum Gasteiger partial charge on any atom is 0.312 e. The molecular formula is C36H60Cl6N6O8. The fraction of sp³-hybridized carbons (Fsp3) is 0.833. The molecule has 1 rings (SSSR count). The largest absolute Gasteiger partial charge is 0.461 e. The summed E-state index contributed by atoms with van der Waals surface area (Å²) in [6.45, 7) is 7.31. The van der Waals surface area contributed by atoms with Crippen molar-refractivity contribution in [3.8, 4) is 0 Å². The van der Waals surface area contributed by atoms with E-state index in [0.29, 0.717) is 58.0 Å². The predicted molar refractivity (Wildman–Crippen MR) is 221 cm³/mol. The predicted octanol–water partition coefficient (Wildman–Crippen LogP) is 5.43. The summed E-state index contributed by atoms with van der Waals surface area (Å²) in [6, 6.07) is -0.320. The lowest BCUT2D eigenvalue weighted by Gasteiger charge is -2.19. The molecule has 1 aliphatic carbocycles. The Kier molecular flexibility index (Phi) is 26.5. The summed E-state index contributed by atoms with van der Waals surface area (Å²) in [5.41, 5.74) is 1.32. The molecule has 0 aliphatic heterocycles. The summed E-state index contributed by atoms with van der Waals surface area (Å²) in [5.74, 6) is -3.06. The lowest BCUT2D eigenvalue weighted by molar-refractivity contribution is -0.147. The molecule has 0 aromatic rings. The van der Waals surface area contributed by atoms with E-state index < -0.39 is 49.5 Å². The Balaban J connectivity index is 2.21. The van der Waals surface area contributed by atoms with Gasteiger partial charge in [-0.25, -0.2) is 0 Å². The first-order valence-corrected chi connectivity index (χ1v) is 21.6. The average molecular weight is 918 g/mol. The van der Waals surface area contributed by atoms with Gasteiger partial charge < -0.3 is 36.2 Å². The van der Waals surface area contributed by atoms with Gasteiger partial charge >= 0.3 is 5.97 Å². The fourth-order valence-corrected chi connectivity index (χ4v) is 6.66. The van der Waals surface area contributed by atoms with Gasteiger partial charge in [-0.1, -0.05) is 102 Å². The number of hydroxylamine groups is 1. The Hall–Kier alpha value is -1.36. The maximum absolute atomic E-state index is 12.9. The number of carbonyl (C=O) groups excluding carboxylic acids is 6. The van der Waals surface area contributed by atoms with Crippen LogP contribution in [0, 0.1) is 5.92 Å².